The molecule has 0 unspecified atom stereocenters. The molecule has 2 aromatic rings. The van der Waals surface area contributed by atoms with Crippen molar-refractivity contribution in [2.24, 2.45) is 0 Å². The number of anilines is 1. The Hall–Kier alpha value is -1.45. The number of rotatable bonds is 5. The first-order chi connectivity index (χ1) is 9.60. The third-order valence-corrected chi connectivity index (χ3v) is 3.32. The molecule has 5 heteroatoms. The van der Waals surface area contributed by atoms with E-state index >= 15 is 0 Å². The van der Waals surface area contributed by atoms with Gasteiger partial charge in [-0.15, -0.1) is 0 Å². The van der Waals surface area contributed by atoms with Crippen LogP contribution in [0.15, 0.2) is 36.4 Å². The molecule has 0 bridgehead atoms. The Balaban J connectivity index is 2.05. The predicted octanol–water partition coefficient (Wildman–Crippen LogP) is 5.14. The summed E-state index contributed by atoms with van der Waals surface area (Å²) >= 11 is 11.9. The highest BCUT2D eigenvalue weighted by molar-refractivity contribution is 6.35. The summed E-state index contributed by atoms with van der Waals surface area (Å²) in [6.45, 7) is 2.74. The lowest BCUT2D eigenvalue weighted by molar-refractivity contribution is 0.321. The molecule has 106 valence electrons. The zero-order valence-electron chi connectivity index (χ0n) is 10.9. The minimum atomic E-state index is -0.390. The largest absolute Gasteiger partial charge is 0.491 e. The Labute approximate surface area is 127 Å². The third-order valence-electron chi connectivity index (χ3n) is 2.73. The van der Waals surface area contributed by atoms with Gasteiger partial charge in [0.05, 0.1) is 6.61 Å². The Morgan fingerprint density at radius 1 is 1.15 bits per heavy atom. The van der Waals surface area contributed by atoms with E-state index in [1.165, 1.54) is 6.07 Å². The van der Waals surface area contributed by atoms with E-state index in [4.69, 9.17) is 27.9 Å². The minimum Gasteiger partial charge on any atom is -0.491 e. The predicted molar refractivity (Wildman–Crippen MR) is 81.4 cm³/mol. The lowest BCUT2D eigenvalue weighted by Gasteiger charge is -2.10. The van der Waals surface area contributed by atoms with E-state index in [9.17, 15) is 4.39 Å². The summed E-state index contributed by atoms with van der Waals surface area (Å²) in [4.78, 5) is 0. The summed E-state index contributed by atoms with van der Waals surface area (Å²) in [6.07, 6.45) is 0. The van der Waals surface area contributed by atoms with Crippen LogP contribution in [0.1, 0.15) is 12.5 Å². The van der Waals surface area contributed by atoms with Crippen molar-refractivity contribution in [3.63, 3.8) is 0 Å². The molecule has 2 rings (SSSR count). The van der Waals surface area contributed by atoms with Crippen LogP contribution in [0.2, 0.25) is 10.0 Å². The molecule has 0 heterocycles. The van der Waals surface area contributed by atoms with Crippen LogP contribution in [0.5, 0.6) is 5.75 Å². The molecule has 0 amide bonds. The highest BCUT2D eigenvalue weighted by atomic mass is 35.5. The van der Waals surface area contributed by atoms with Gasteiger partial charge in [-0.1, -0.05) is 29.3 Å². The maximum absolute atomic E-state index is 13.7. The minimum absolute atomic E-state index is 0.252. The summed E-state index contributed by atoms with van der Waals surface area (Å²) in [5.74, 6) is -0.137. The van der Waals surface area contributed by atoms with Crippen LogP contribution in [0.4, 0.5) is 10.1 Å². The van der Waals surface area contributed by atoms with E-state index in [0.717, 1.165) is 5.56 Å². The second kappa shape index (κ2) is 6.82. The van der Waals surface area contributed by atoms with Gasteiger partial charge in [0.15, 0.2) is 11.6 Å². The molecule has 0 aliphatic heterocycles. The number of hydrogen-bond donors (Lipinski definition) is 1. The van der Waals surface area contributed by atoms with E-state index in [2.05, 4.69) is 5.32 Å². The smallest absolute Gasteiger partial charge is 0.167 e. The van der Waals surface area contributed by atoms with E-state index in [1.807, 2.05) is 13.0 Å². The Morgan fingerprint density at radius 2 is 1.95 bits per heavy atom. The fraction of sp³-hybridized carbons (Fsp3) is 0.200. The van der Waals surface area contributed by atoms with Crippen molar-refractivity contribution in [2.45, 2.75) is 13.5 Å². The van der Waals surface area contributed by atoms with Crippen LogP contribution >= 0.6 is 23.2 Å². The zero-order chi connectivity index (χ0) is 14.5. The third kappa shape index (κ3) is 3.78. The monoisotopic (exact) mass is 313 g/mol. The van der Waals surface area contributed by atoms with Gasteiger partial charge in [-0.05, 0) is 36.8 Å². The molecular weight excluding hydrogens is 300 g/mol. The average molecular weight is 314 g/mol. The van der Waals surface area contributed by atoms with Crippen molar-refractivity contribution in [1.82, 2.24) is 0 Å². The van der Waals surface area contributed by atoms with E-state index in [1.54, 1.807) is 24.3 Å². The van der Waals surface area contributed by atoms with Crippen molar-refractivity contribution >= 4 is 28.9 Å². The summed E-state index contributed by atoms with van der Waals surface area (Å²) in [6, 6.07) is 10.0. The number of hydrogen-bond acceptors (Lipinski definition) is 2. The molecular formula is C15H14Cl2FNO. The SMILES string of the molecule is CCOc1ccc(NCc2ccc(Cl)cc2Cl)cc1F. The lowest BCUT2D eigenvalue weighted by Crippen LogP contribution is -2.01. The molecule has 0 aliphatic carbocycles. The molecule has 0 atom stereocenters. The van der Waals surface area contributed by atoms with Crippen molar-refractivity contribution in [2.75, 3.05) is 11.9 Å². The maximum Gasteiger partial charge on any atom is 0.167 e. The van der Waals surface area contributed by atoms with Crippen molar-refractivity contribution in [3.05, 3.63) is 57.8 Å². The zero-order valence-corrected chi connectivity index (χ0v) is 12.4. The van der Waals surface area contributed by atoms with E-state index < -0.39 is 0 Å². The quantitative estimate of drug-likeness (QED) is 0.824. The van der Waals surface area contributed by atoms with Crippen LogP contribution in [0, 0.1) is 5.82 Å². The van der Waals surface area contributed by atoms with Crippen molar-refractivity contribution in [1.29, 1.82) is 0 Å². The van der Waals surface area contributed by atoms with Gasteiger partial charge in [-0.25, -0.2) is 4.39 Å². The Morgan fingerprint density at radius 3 is 2.60 bits per heavy atom. The highest BCUT2D eigenvalue weighted by Gasteiger charge is 2.05. The summed E-state index contributed by atoms with van der Waals surface area (Å²) in [5, 5.41) is 4.28. The Bertz CT molecular complexity index is 604. The maximum atomic E-state index is 13.7. The summed E-state index contributed by atoms with van der Waals surface area (Å²) < 4.78 is 18.8. The first-order valence-corrected chi connectivity index (χ1v) is 6.96. The number of nitrogens with one attached hydrogen (secondary N) is 1. The normalized spacial score (nSPS) is 10.4. The molecule has 0 aliphatic rings. The average Bonchev–Trinajstić information content (AvgIpc) is 2.41. The fourth-order valence-corrected chi connectivity index (χ4v) is 2.22. The van der Waals surface area contributed by atoms with Crippen molar-refractivity contribution < 1.29 is 9.13 Å². The van der Waals surface area contributed by atoms with Crippen LogP contribution in [0.3, 0.4) is 0 Å². The van der Waals surface area contributed by atoms with Crippen LogP contribution in [-0.4, -0.2) is 6.61 Å². The molecule has 0 spiro atoms. The van der Waals surface area contributed by atoms with E-state index in [-0.39, 0.29) is 11.6 Å². The second-order valence-electron chi connectivity index (χ2n) is 4.17. The van der Waals surface area contributed by atoms with Gasteiger partial charge in [0, 0.05) is 28.3 Å². The molecule has 2 aromatic carbocycles. The van der Waals surface area contributed by atoms with Crippen LogP contribution in [0.25, 0.3) is 0 Å². The molecule has 0 fully saturated rings. The number of halogens is 3. The van der Waals surface area contributed by atoms with Gasteiger partial charge < -0.3 is 10.1 Å². The van der Waals surface area contributed by atoms with Gasteiger partial charge in [0.2, 0.25) is 0 Å². The second-order valence-corrected chi connectivity index (χ2v) is 5.01. The van der Waals surface area contributed by atoms with Crippen LogP contribution in [-0.2, 0) is 6.54 Å². The van der Waals surface area contributed by atoms with Gasteiger partial charge >= 0.3 is 0 Å². The standard InChI is InChI=1S/C15H14Cl2FNO/c1-2-20-15-6-5-12(8-14(15)18)19-9-10-3-4-11(16)7-13(10)17/h3-8,19H,2,9H2,1H3. The molecule has 0 saturated carbocycles. The molecule has 0 radical (unpaired) electrons. The molecule has 20 heavy (non-hydrogen) atoms. The van der Waals surface area contributed by atoms with Gasteiger partial charge in [-0.3, -0.25) is 0 Å². The topological polar surface area (TPSA) is 21.3 Å². The van der Waals surface area contributed by atoms with Gasteiger partial charge in [0.1, 0.15) is 0 Å². The van der Waals surface area contributed by atoms with E-state index in [0.29, 0.717) is 28.9 Å². The first kappa shape index (κ1) is 14.9. The molecule has 1 N–H and O–H groups in total. The fourth-order valence-electron chi connectivity index (χ4n) is 1.75. The highest BCUT2D eigenvalue weighted by Crippen LogP contribution is 2.24. The molecule has 2 nitrogen and oxygen atoms in total. The van der Waals surface area contributed by atoms with Crippen LogP contribution < -0.4 is 10.1 Å². The van der Waals surface area contributed by atoms with Crippen molar-refractivity contribution in [3.8, 4) is 5.75 Å². The summed E-state index contributed by atoms with van der Waals surface area (Å²) in [5.41, 5.74) is 1.56. The Kier molecular flexibility index (Phi) is 5.10. The molecule has 0 saturated heterocycles. The number of ether oxygens (including phenoxy) is 1. The summed E-state index contributed by atoms with van der Waals surface area (Å²) in [7, 11) is 0. The lowest BCUT2D eigenvalue weighted by atomic mass is 10.2. The number of benzene rings is 2. The van der Waals surface area contributed by atoms with Gasteiger partial charge in [0.25, 0.3) is 0 Å². The first-order valence-electron chi connectivity index (χ1n) is 6.20. The van der Waals surface area contributed by atoms with Gasteiger partial charge in [-0.2, -0.15) is 0 Å². The molecule has 0 aromatic heterocycles.